The Bertz CT molecular complexity index is 496. The van der Waals surface area contributed by atoms with Gasteiger partial charge in [0, 0.05) is 0 Å². The first-order chi connectivity index (χ1) is 8.77. The highest BCUT2D eigenvalue weighted by Gasteiger charge is 2.10. The van der Waals surface area contributed by atoms with Crippen LogP contribution in [0.2, 0.25) is 0 Å². The third-order valence-corrected chi connectivity index (χ3v) is 2.63. The van der Waals surface area contributed by atoms with E-state index in [1.165, 1.54) is 0 Å². The molecule has 2 aromatic carbocycles. The molecule has 0 aromatic heterocycles. The fraction of sp³-hybridized carbons (Fsp3) is 0.133. The van der Waals surface area contributed by atoms with E-state index in [0.29, 0.717) is 5.56 Å². The number of carbonyl (C=O) groups is 1. The van der Waals surface area contributed by atoms with E-state index in [0.717, 1.165) is 5.56 Å². The summed E-state index contributed by atoms with van der Waals surface area (Å²) in [5.74, 6) is -0.345. The molecule has 3 heteroatoms. The van der Waals surface area contributed by atoms with Gasteiger partial charge in [-0.1, -0.05) is 48.5 Å². The van der Waals surface area contributed by atoms with Gasteiger partial charge in [0.1, 0.15) is 6.61 Å². The van der Waals surface area contributed by atoms with Gasteiger partial charge in [-0.05, 0) is 17.7 Å². The summed E-state index contributed by atoms with van der Waals surface area (Å²) in [4.78, 5) is 11.7. The van der Waals surface area contributed by atoms with Crippen molar-refractivity contribution < 1.29 is 9.53 Å². The highest BCUT2D eigenvalue weighted by Crippen LogP contribution is 2.10. The Morgan fingerprint density at radius 2 is 1.56 bits per heavy atom. The Hall–Kier alpha value is -2.13. The second-order valence-electron chi connectivity index (χ2n) is 3.98. The van der Waals surface area contributed by atoms with Gasteiger partial charge in [-0.15, -0.1) is 0 Å². The molecule has 0 heterocycles. The van der Waals surface area contributed by atoms with Gasteiger partial charge in [-0.2, -0.15) is 0 Å². The zero-order chi connectivity index (χ0) is 12.8. The molecule has 18 heavy (non-hydrogen) atoms. The molecule has 0 fully saturated rings. The Labute approximate surface area is 106 Å². The van der Waals surface area contributed by atoms with E-state index in [4.69, 9.17) is 10.5 Å². The summed E-state index contributed by atoms with van der Waals surface area (Å²) in [6.45, 7) is 0.178. The summed E-state index contributed by atoms with van der Waals surface area (Å²) in [5.41, 5.74) is 7.44. The van der Waals surface area contributed by atoms with E-state index < -0.39 is 0 Å². The largest absolute Gasteiger partial charge is 0.460 e. The van der Waals surface area contributed by atoms with E-state index in [9.17, 15) is 4.79 Å². The zero-order valence-corrected chi connectivity index (χ0v) is 9.95. The lowest BCUT2D eigenvalue weighted by Gasteiger charge is -2.12. The van der Waals surface area contributed by atoms with Gasteiger partial charge in [-0.25, -0.2) is 4.79 Å². The summed E-state index contributed by atoms with van der Waals surface area (Å²) >= 11 is 0. The number of carbonyl (C=O) groups excluding carboxylic acids is 1. The maximum atomic E-state index is 11.7. The Balaban J connectivity index is 1.91. The lowest BCUT2D eigenvalue weighted by atomic mass is 10.1. The van der Waals surface area contributed by atoms with Gasteiger partial charge in [0.15, 0.2) is 0 Å². The van der Waals surface area contributed by atoms with Crippen LogP contribution in [0.15, 0.2) is 60.7 Å². The average Bonchev–Trinajstić information content (AvgIpc) is 2.46. The molecule has 0 unspecified atom stereocenters. The topological polar surface area (TPSA) is 52.3 Å². The van der Waals surface area contributed by atoms with Crippen LogP contribution in [0.3, 0.4) is 0 Å². The number of ether oxygens (including phenoxy) is 1. The number of nitrogens with two attached hydrogens (primary N) is 1. The third kappa shape index (κ3) is 3.18. The second-order valence-corrected chi connectivity index (χ2v) is 3.98. The van der Waals surface area contributed by atoms with Crippen molar-refractivity contribution in [3.63, 3.8) is 0 Å². The predicted molar refractivity (Wildman–Crippen MR) is 70.1 cm³/mol. The van der Waals surface area contributed by atoms with E-state index in [1.54, 1.807) is 24.3 Å². The first-order valence-corrected chi connectivity index (χ1v) is 5.80. The second kappa shape index (κ2) is 5.98. The van der Waals surface area contributed by atoms with Crippen molar-refractivity contribution in [3.05, 3.63) is 71.8 Å². The molecular weight excluding hydrogens is 226 g/mol. The average molecular weight is 241 g/mol. The molecule has 1 atom stereocenters. The molecule has 0 aliphatic rings. The Kier molecular flexibility index (Phi) is 4.10. The van der Waals surface area contributed by atoms with Crippen LogP contribution in [-0.2, 0) is 4.74 Å². The SMILES string of the molecule is N[C@H](COC(=O)c1ccccc1)c1ccccc1. The van der Waals surface area contributed by atoms with E-state index >= 15 is 0 Å². The number of rotatable bonds is 4. The summed E-state index contributed by atoms with van der Waals surface area (Å²) in [6, 6.07) is 18.2. The van der Waals surface area contributed by atoms with Crippen molar-refractivity contribution in [3.8, 4) is 0 Å². The molecule has 3 nitrogen and oxygen atoms in total. The molecule has 2 aromatic rings. The van der Waals surface area contributed by atoms with E-state index in [1.807, 2.05) is 36.4 Å². The quantitative estimate of drug-likeness (QED) is 0.837. The van der Waals surface area contributed by atoms with Crippen molar-refractivity contribution in [1.82, 2.24) is 0 Å². The van der Waals surface area contributed by atoms with Crippen molar-refractivity contribution in [2.75, 3.05) is 6.61 Å². The van der Waals surface area contributed by atoms with E-state index in [2.05, 4.69) is 0 Å². The number of hydrogen-bond donors (Lipinski definition) is 1. The minimum atomic E-state index is -0.345. The van der Waals surface area contributed by atoms with Gasteiger partial charge < -0.3 is 10.5 Å². The van der Waals surface area contributed by atoms with Crippen molar-refractivity contribution in [2.45, 2.75) is 6.04 Å². The molecule has 0 spiro atoms. The van der Waals surface area contributed by atoms with Crippen LogP contribution in [0.25, 0.3) is 0 Å². The van der Waals surface area contributed by atoms with Crippen LogP contribution in [0.5, 0.6) is 0 Å². The monoisotopic (exact) mass is 241 g/mol. The van der Waals surface area contributed by atoms with Gasteiger partial charge in [0.05, 0.1) is 11.6 Å². The fourth-order valence-corrected chi connectivity index (χ4v) is 1.62. The molecule has 0 aliphatic carbocycles. The predicted octanol–water partition coefficient (Wildman–Crippen LogP) is 2.54. The Morgan fingerprint density at radius 3 is 2.17 bits per heavy atom. The number of esters is 1. The maximum absolute atomic E-state index is 11.7. The number of benzene rings is 2. The summed E-state index contributed by atoms with van der Waals surface area (Å²) in [5, 5.41) is 0. The lowest BCUT2D eigenvalue weighted by molar-refractivity contribution is 0.0481. The first-order valence-electron chi connectivity index (χ1n) is 5.80. The molecular formula is C15H15NO2. The highest BCUT2D eigenvalue weighted by atomic mass is 16.5. The standard InChI is InChI=1S/C15H15NO2/c16-14(12-7-3-1-4-8-12)11-18-15(17)13-9-5-2-6-10-13/h1-10,14H,11,16H2/t14-/m1/s1. The van der Waals surface area contributed by atoms with Gasteiger partial charge >= 0.3 is 5.97 Å². The minimum absolute atomic E-state index is 0.178. The van der Waals surface area contributed by atoms with Crippen LogP contribution >= 0.6 is 0 Å². The van der Waals surface area contributed by atoms with Gasteiger partial charge in [-0.3, -0.25) is 0 Å². The molecule has 2 rings (SSSR count). The first kappa shape index (κ1) is 12.3. The normalized spacial score (nSPS) is 11.8. The van der Waals surface area contributed by atoms with Gasteiger partial charge in [0.2, 0.25) is 0 Å². The molecule has 0 radical (unpaired) electrons. The Morgan fingerprint density at radius 1 is 1.00 bits per heavy atom. The molecule has 0 saturated heterocycles. The van der Waals surface area contributed by atoms with Crippen LogP contribution in [0.4, 0.5) is 0 Å². The van der Waals surface area contributed by atoms with Crippen molar-refractivity contribution in [2.24, 2.45) is 5.73 Å². The fourth-order valence-electron chi connectivity index (χ4n) is 1.62. The smallest absolute Gasteiger partial charge is 0.338 e. The summed E-state index contributed by atoms with van der Waals surface area (Å²) in [6.07, 6.45) is 0. The third-order valence-electron chi connectivity index (χ3n) is 2.63. The van der Waals surface area contributed by atoms with E-state index in [-0.39, 0.29) is 18.6 Å². The van der Waals surface area contributed by atoms with Crippen LogP contribution in [0, 0.1) is 0 Å². The molecule has 0 aliphatic heterocycles. The molecule has 0 bridgehead atoms. The lowest BCUT2D eigenvalue weighted by Crippen LogP contribution is -2.19. The molecule has 0 amide bonds. The number of hydrogen-bond acceptors (Lipinski definition) is 3. The maximum Gasteiger partial charge on any atom is 0.338 e. The molecule has 2 N–H and O–H groups in total. The summed E-state index contributed by atoms with van der Waals surface area (Å²) in [7, 11) is 0. The molecule has 0 saturated carbocycles. The van der Waals surface area contributed by atoms with Gasteiger partial charge in [0.25, 0.3) is 0 Å². The van der Waals surface area contributed by atoms with Crippen molar-refractivity contribution in [1.29, 1.82) is 0 Å². The van der Waals surface area contributed by atoms with Crippen molar-refractivity contribution >= 4 is 5.97 Å². The summed E-state index contributed by atoms with van der Waals surface area (Å²) < 4.78 is 5.18. The van der Waals surface area contributed by atoms with Crippen LogP contribution < -0.4 is 5.73 Å². The zero-order valence-electron chi connectivity index (χ0n) is 9.95. The highest BCUT2D eigenvalue weighted by molar-refractivity contribution is 5.89. The van der Waals surface area contributed by atoms with Crippen LogP contribution in [0.1, 0.15) is 22.0 Å². The minimum Gasteiger partial charge on any atom is -0.460 e. The van der Waals surface area contributed by atoms with Crippen LogP contribution in [-0.4, -0.2) is 12.6 Å². The molecule has 92 valence electrons.